The zero-order valence-corrected chi connectivity index (χ0v) is 11.6. The molecule has 0 aromatic heterocycles. The van der Waals surface area contributed by atoms with Gasteiger partial charge in [-0.2, -0.15) is 0 Å². The van der Waals surface area contributed by atoms with Gasteiger partial charge in [0.25, 0.3) is 0 Å². The first-order valence-electron chi connectivity index (χ1n) is 6.68. The summed E-state index contributed by atoms with van der Waals surface area (Å²) in [5.74, 6) is 0. The van der Waals surface area contributed by atoms with Gasteiger partial charge in [-0.3, -0.25) is 0 Å². The van der Waals surface area contributed by atoms with Gasteiger partial charge in [0.1, 0.15) is 0 Å². The maximum absolute atomic E-state index is 2.21. The van der Waals surface area contributed by atoms with Gasteiger partial charge in [0, 0.05) is 0 Å². The number of hydrogen-bond acceptors (Lipinski definition) is 0. The van der Waals surface area contributed by atoms with Crippen LogP contribution in [0.15, 0.2) is 42.5 Å². The first-order chi connectivity index (χ1) is 8.81. The molecule has 0 N–H and O–H groups in total. The van der Waals surface area contributed by atoms with E-state index < -0.39 is 0 Å². The highest BCUT2D eigenvalue weighted by molar-refractivity contribution is 6.11. The number of benzene rings is 3. The molecule has 0 aliphatic heterocycles. The quantitative estimate of drug-likeness (QED) is 0.523. The molecule has 0 aliphatic carbocycles. The Kier molecular flexibility index (Phi) is 3.66. The molecular weight excluding hydrogens is 216 g/mol. The molecule has 92 valence electrons. The maximum atomic E-state index is 2.21. The minimum atomic E-state index is 1.34. The van der Waals surface area contributed by atoms with Crippen LogP contribution < -0.4 is 5.22 Å². The molecule has 0 heteroatoms. The number of hydrogen-bond donors (Lipinski definition) is 0. The minimum absolute atomic E-state index is 1.34. The molecule has 0 saturated heterocycles. The Morgan fingerprint density at radius 1 is 0.778 bits per heavy atom. The summed E-state index contributed by atoms with van der Waals surface area (Å²) in [6.45, 7) is 8.29. The molecule has 0 unspecified atom stereocenters. The zero-order valence-electron chi connectivity index (χ0n) is 11.6. The fourth-order valence-electron chi connectivity index (χ4n) is 2.53. The van der Waals surface area contributed by atoms with Gasteiger partial charge in [0.15, 0.2) is 0 Å². The molecular formula is C18H20. The Morgan fingerprint density at radius 2 is 1.39 bits per heavy atom. The molecule has 0 fully saturated rings. The Labute approximate surface area is 109 Å². The molecule has 0 saturated carbocycles. The Bertz CT molecular complexity index is 705. The Balaban J connectivity index is 0.000000574. The van der Waals surface area contributed by atoms with Crippen molar-refractivity contribution >= 4 is 27.6 Å². The molecule has 0 aliphatic rings. The first kappa shape index (κ1) is 12.6. The molecule has 3 aromatic rings. The molecule has 0 heterocycles. The predicted molar refractivity (Wildman–Crippen MR) is 82.9 cm³/mol. The normalized spacial score (nSPS) is 11.7. The second-order valence-corrected chi connectivity index (χ2v) is 4.28. The van der Waals surface area contributed by atoms with Gasteiger partial charge in [-0.1, -0.05) is 62.4 Å². The van der Waals surface area contributed by atoms with E-state index >= 15 is 0 Å². The monoisotopic (exact) mass is 236 g/mol. The fourth-order valence-corrected chi connectivity index (χ4v) is 2.53. The number of rotatable bonds is 0. The van der Waals surface area contributed by atoms with E-state index in [2.05, 4.69) is 62.4 Å². The van der Waals surface area contributed by atoms with E-state index in [1.165, 1.54) is 32.3 Å². The highest BCUT2D eigenvalue weighted by Crippen LogP contribution is 2.26. The molecule has 0 amide bonds. The second-order valence-electron chi connectivity index (χ2n) is 4.28. The number of aryl methyl sites for hydroxylation is 1. The van der Waals surface area contributed by atoms with Crippen molar-refractivity contribution in [2.24, 2.45) is 0 Å². The summed E-state index contributed by atoms with van der Waals surface area (Å²) in [6, 6.07) is 15.4. The average Bonchev–Trinajstić information content (AvgIpc) is 2.45. The molecule has 3 aromatic carbocycles. The van der Waals surface area contributed by atoms with Crippen molar-refractivity contribution in [1.82, 2.24) is 0 Å². The van der Waals surface area contributed by atoms with Crippen molar-refractivity contribution in [3.05, 3.63) is 53.2 Å². The molecule has 0 spiro atoms. The maximum Gasteiger partial charge on any atom is -0.00303 e. The van der Waals surface area contributed by atoms with Gasteiger partial charge in [-0.15, -0.1) is 0 Å². The van der Waals surface area contributed by atoms with Gasteiger partial charge in [0.05, 0.1) is 0 Å². The molecule has 3 rings (SSSR count). The minimum Gasteiger partial charge on any atom is -0.0798 e. The van der Waals surface area contributed by atoms with Crippen LogP contribution >= 0.6 is 0 Å². The van der Waals surface area contributed by atoms with Crippen LogP contribution in [0.3, 0.4) is 0 Å². The van der Waals surface area contributed by atoms with Gasteiger partial charge in [-0.25, -0.2) is 0 Å². The van der Waals surface area contributed by atoms with Crippen molar-refractivity contribution in [2.45, 2.75) is 27.7 Å². The molecule has 0 bridgehead atoms. The summed E-state index contributed by atoms with van der Waals surface area (Å²) in [5.41, 5.74) is 1.36. The lowest BCUT2D eigenvalue weighted by atomic mass is 9.96. The topological polar surface area (TPSA) is 0 Å². The third-order valence-electron chi connectivity index (χ3n) is 3.33. The van der Waals surface area contributed by atoms with Crippen molar-refractivity contribution in [3.63, 3.8) is 0 Å². The highest BCUT2D eigenvalue weighted by Gasteiger charge is 2.04. The van der Waals surface area contributed by atoms with Gasteiger partial charge in [-0.05, 0) is 46.2 Å². The van der Waals surface area contributed by atoms with Crippen LogP contribution in [-0.2, 0) is 0 Å². The van der Waals surface area contributed by atoms with E-state index in [1.54, 1.807) is 0 Å². The summed E-state index contributed by atoms with van der Waals surface area (Å²) in [4.78, 5) is 0. The predicted octanol–water partition coefficient (Wildman–Crippen LogP) is 4.85. The summed E-state index contributed by atoms with van der Waals surface area (Å²) in [7, 11) is 0. The lowest BCUT2D eigenvalue weighted by Crippen LogP contribution is -2.02. The van der Waals surface area contributed by atoms with E-state index in [0.717, 1.165) is 0 Å². The van der Waals surface area contributed by atoms with Crippen LogP contribution in [0.25, 0.3) is 27.6 Å². The smallest absolute Gasteiger partial charge is 0.00303 e. The van der Waals surface area contributed by atoms with Crippen LogP contribution in [0, 0.1) is 6.92 Å². The van der Waals surface area contributed by atoms with Crippen LogP contribution in [0.2, 0.25) is 0 Å². The Hall–Kier alpha value is -1.82. The third kappa shape index (κ3) is 1.88. The third-order valence-corrected chi connectivity index (χ3v) is 3.33. The lowest BCUT2D eigenvalue weighted by Gasteiger charge is -2.08. The summed E-state index contributed by atoms with van der Waals surface area (Å²) < 4.78 is 0. The van der Waals surface area contributed by atoms with Gasteiger partial charge >= 0.3 is 0 Å². The summed E-state index contributed by atoms with van der Waals surface area (Å²) >= 11 is 0. The van der Waals surface area contributed by atoms with E-state index in [4.69, 9.17) is 0 Å². The van der Waals surface area contributed by atoms with Gasteiger partial charge < -0.3 is 0 Å². The lowest BCUT2D eigenvalue weighted by molar-refractivity contribution is 1.50. The van der Waals surface area contributed by atoms with Crippen molar-refractivity contribution < 1.29 is 0 Å². The zero-order chi connectivity index (χ0) is 13.1. The molecule has 0 radical (unpaired) electrons. The van der Waals surface area contributed by atoms with Crippen LogP contribution in [0.1, 0.15) is 26.3 Å². The Morgan fingerprint density at radius 3 is 2.00 bits per heavy atom. The largest absolute Gasteiger partial charge is 0.0798 e. The molecule has 0 nitrogen and oxygen atoms in total. The standard InChI is InChI=1S/C16H14.C2H6/c1-3-12-9-10-14-6-4-5-13-8-7-11(2)15(12)16(13)14;1-2/h3-10H,1-2H3;1-2H3/b12-3-;. The van der Waals surface area contributed by atoms with Crippen LogP contribution in [0.5, 0.6) is 0 Å². The van der Waals surface area contributed by atoms with E-state index in [9.17, 15) is 0 Å². The van der Waals surface area contributed by atoms with E-state index in [-0.39, 0.29) is 0 Å². The molecule has 18 heavy (non-hydrogen) atoms. The van der Waals surface area contributed by atoms with Crippen molar-refractivity contribution in [3.8, 4) is 0 Å². The fraction of sp³-hybridized carbons (Fsp3) is 0.222. The van der Waals surface area contributed by atoms with E-state index in [0.29, 0.717) is 0 Å². The highest BCUT2D eigenvalue weighted by atomic mass is 14.1. The second kappa shape index (κ2) is 5.22. The van der Waals surface area contributed by atoms with Crippen LogP contribution in [-0.4, -0.2) is 0 Å². The molecule has 0 atom stereocenters. The van der Waals surface area contributed by atoms with E-state index in [1.807, 2.05) is 13.8 Å². The average molecular weight is 236 g/mol. The van der Waals surface area contributed by atoms with Crippen molar-refractivity contribution in [1.29, 1.82) is 0 Å². The SMILES string of the molecule is C/C=c1/ccc2cccc3ccc(C)c1c32.CC. The summed E-state index contributed by atoms with van der Waals surface area (Å²) in [6.07, 6.45) is 2.19. The van der Waals surface area contributed by atoms with Gasteiger partial charge in [0.2, 0.25) is 0 Å². The van der Waals surface area contributed by atoms with Crippen molar-refractivity contribution in [2.75, 3.05) is 0 Å². The first-order valence-corrected chi connectivity index (χ1v) is 6.68. The summed E-state index contributed by atoms with van der Waals surface area (Å²) in [5, 5.41) is 6.81. The van der Waals surface area contributed by atoms with Crippen LogP contribution in [0.4, 0.5) is 0 Å².